The summed E-state index contributed by atoms with van der Waals surface area (Å²) >= 11 is 0. The molecule has 7 heteroatoms. The Bertz CT molecular complexity index is 574. The van der Waals surface area contributed by atoms with Crippen LogP contribution in [-0.4, -0.2) is 42.0 Å². The topological polar surface area (TPSA) is 97.7 Å². The summed E-state index contributed by atoms with van der Waals surface area (Å²) in [5.74, 6) is 0.444. The fourth-order valence-electron chi connectivity index (χ4n) is 1.69. The molecule has 0 saturated heterocycles. The molecule has 114 valence electrons. The van der Waals surface area contributed by atoms with Crippen LogP contribution in [0.25, 0.3) is 11.5 Å². The molecule has 0 aliphatic heterocycles. The van der Waals surface area contributed by atoms with Gasteiger partial charge in [0.15, 0.2) is 11.5 Å². The van der Waals surface area contributed by atoms with Crippen molar-refractivity contribution in [1.82, 2.24) is 10.5 Å². The number of carbonyl (C=O) groups is 1. The van der Waals surface area contributed by atoms with Gasteiger partial charge in [0.2, 0.25) is 5.76 Å². The molecule has 1 atom stereocenters. The van der Waals surface area contributed by atoms with Gasteiger partial charge in [0, 0.05) is 32.7 Å². The zero-order chi connectivity index (χ0) is 15.3. The van der Waals surface area contributed by atoms with E-state index in [-0.39, 0.29) is 12.2 Å². The largest absolute Gasteiger partial charge is 0.461 e. The van der Waals surface area contributed by atoms with Crippen molar-refractivity contribution in [1.29, 1.82) is 0 Å². The molecule has 0 aromatic carbocycles. The molecule has 0 radical (unpaired) electrons. The first kappa shape index (κ1) is 15.3. The monoisotopic (exact) mass is 294 g/mol. The van der Waals surface area contributed by atoms with Crippen LogP contribution in [0.2, 0.25) is 0 Å². The summed E-state index contributed by atoms with van der Waals surface area (Å²) in [4.78, 5) is 11.9. The zero-order valence-electron chi connectivity index (χ0n) is 12.0. The molecule has 2 rings (SSSR count). The maximum atomic E-state index is 11.9. The lowest BCUT2D eigenvalue weighted by Gasteiger charge is -2.22. The molecule has 0 bridgehead atoms. The van der Waals surface area contributed by atoms with Gasteiger partial charge in [-0.15, -0.1) is 0 Å². The van der Waals surface area contributed by atoms with Crippen LogP contribution in [0.5, 0.6) is 0 Å². The smallest absolute Gasteiger partial charge is 0.273 e. The van der Waals surface area contributed by atoms with Crippen LogP contribution in [-0.2, 0) is 4.74 Å². The van der Waals surface area contributed by atoms with Crippen molar-refractivity contribution in [2.45, 2.75) is 18.9 Å². The molecule has 0 saturated carbocycles. The van der Waals surface area contributed by atoms with E-state index in [0.29, 0.717) is 24.5 Å². The molecule has 2 heterocycles. The number of furan rings is 1. The minimum absolute atomic E-state index is 0.0954. The van der Waals surface area contributed by atoms with Crippen molar-refractivity contribution < 1.29 is 23.6 Å². The van der Waals surface area contributed by atoms with Gasteiger partial charge >= 0.3 is 0 Å². The van der Waals surface area contributed by atoms with Crippen molar-refractivity contribution >= 4 is 5.91 Å². The van der Waals surface area contributed by atoms with Crippen LogP contribution in [0, 0.1) is 0 Å². The Labute approximate surface area is 121 Å². The highest BCUT2D eigenvalue weighted by atomic mass is 16.5. The first-order valence-electron chi connectivity index (χ1n) is 6.52. The number of carbonyl (C=O) groups excluding carboxylic acids is 1. The van der Waals surface area contributed by atoms with E-state index in [9.17, 15) is 9.90 Å². The lowest BCUT2D eigenvalue weighted by atomic mass is 10.0. The van der Waals surface area contributed by atoms with Crippen molar-refractivity contribution in [3.8, 4) is 11.5 Å². The molecule has 0 fully saturated rings. The summed E-state index contributed by atoms with van der Waals surface area (Å²) in [6, 6.07) is 4.90. The molecular formula is C14H18N2O5. The van der Waals surface area contributed by atoms with E-state index in [4.69, 9.17) is 13.7 Å². The van der Waals surface area contributed by atoms with Crippen LogP contribution in [0.4, 0.5) is 0 Å². The highest BCUT2D eigenvalue weighted by Crippen LogP contribution is 2.20. The molecule has 1 unspecified atom stereocenters. The Morgan fingerprint density at radius 3 is 3.00 bits per heavy atom. The summed E-state index contributed by atoms with van der Waals surface area (Å²) in [7, 11) is 1.56. The quantitative estimate of drug-likeness (QED) is 0.802. The van der Waals surface area contributed by atoms with Crippen molar-refractivity contribution in [2.75, 3.05) is 20.3 Å². The Morgan fingerprint density at radius 1 is 1.52 bits per heavy atom. The maximum absolute atomic E-state index is 11.9. The zero-order valence-corrected chi connectivity index (χ0v) is 12.0. The van der Waals surface area contributed by atoms with E-state index in [0.717, 1.165) is 0 Å². The fourth-order valence-corrected chi connectivity index (χ4v) is 1.69. The van der Waals surface area contributed by atoms with Crippen molar-refractivity contribution in [3.63, 3.8) is 0 Å². The van der Waals surface area contributed by atoms with Gasteiger partial charge in [0.25, 0.3) is 5.91 Å². The normalized spacial score (nSPS) is 13.9. The highest BCUT2D eigenvalue weighted by molar-refractivity contribution is 5.92. The van der Waals surface area contributed by atoms with Crippen molar-refractivity contribution in [2.24, 2.45) is 0 Å². The minimum atomic E-state index is -1.04. The summed E-state index contributed by atoms with van der Waals surface area (Å²) < 4.78 is 15.1. The third-order valence-electron chi connectivity index (χ3n) is 2.98. The number of rotatable bonds is 7. The molecule has 1 amide bonds. The lowest BCUT2D eigenvalue weighted by Crippen LogP contribution is -2.41. The second kappa shape index (κ2) is 6.55. The fraction of sp³-hybridized carbons (Fsp3) is 0.429. The number of nitrogens with one attached hydrogen (secondary N) is 1. The predicted octanol–water partition coefficient (Wildman–Crippen LogP) is 1.45. The summed E-state index contributed by atoms with van der Waals surface area (Å²) in [6.45, 7) is 2.14. The molecular weight excluding hydrogens is 276 g/mol. The van der Waals surface area contributed by atoms with Gasteiger partial charge in [0.1, 0.15) is 0 Å². The average molecular weight is 294 g/mol. The molecule has 2 aromatic rings. The van der Waals surface area contributed by atoms with E-state index in [1.165, 1.54) is 12.3 Å². The first-order chi connectivity index (χ1) is 10.0. The Hall–Kier alpha value is -2.12. The number of aromatic nitrogens is 1. The molecule has 2 N–H and O–H groups in total. The first-order valence-corrected chi connectivity index (χ1v) is 6.52. The number of amides is 1. The standard InChI is InChI=1S/C14H18N2O5/c1-14(18,5-7-19-2)9-15-13(17)10-8-12(21-16-10)11-4-3-6-20-11/h3-4,6,8,18H,5,7,9H2,1-2H3,(H,15,17). The molecule has 0 aliphatic rings. The number of hydrogen-bond acceptors (Lipinski definition) is 6. The molecule has 0 spiro atoms. The second-order valence-electron chi connectivity index (χ2n) is 4.98. The molecule has 2 aromatic heterocycles. The van der Waals surface area contributed by atoms with Gasteiger partial charge in [0.05, 0.1) is 11.9 Å². The van der Waals surface area contributed by atoms with E-state index in [2.05, 4.69) is 10.5 Å². The Balaban J connectivity index is 1.92. The number of nitrogens with zero attached hydrogens (tertiary/aromatic N) is 1. The average Bonchev–Trinajstić information content (AvgIpc) is 3.12. The van der Waals surface area contributed by atoms with Crippen LogP contribution >= 0.6 is 0 Å². The van der Waals surface area contributed by atoms with Gasteiger partial charge in [-0.25, -0.2) is 0 Å². The van der Waals surface area contributed by atoms with E-state index < -0.39 is 11.5 Å². The van der Waals surface area contributed by atoms with E-state index >= 15 is 0 Å². The number of methoxy groups -OCH3 is 1. The van der Waals surface area contributed by atoms with Crippen LogP contribution in [0.15, 0.2) is 33.4 Å². The molecule has 0 aliphatic carbocycles. The predicted molar refractivity (Wildman–Crippen MR) is 73.7 cm³/mol. The SMILES string of the molecule is COCCC(C)(O)CNC(=O)c1cc(-c2ccco2)on1. The summed E-state index contributed by atoms with van der Waals surface area (Å²) in [5.41, 5.74) is -0.914. The Morgan fingerprint density at radius 2 is 2.33 bits per heavy atom. The summed E-state index contributed by atoms with van der Waals surface area (Å²) in [6.07, 6.45) is 1.92. The van der Waals surface area contributed by atoms with E-state index in [1.54, 1.807) is 26.2 Å². The van der Waals surface area contributed by atoms with Crippen molar-refractivity contribution in [3.05, 3.63) is 30.2 Å². The van der Waals surface area contributed by atoms with E-state index in [1.807, 2.05) is 0 Å². The van der Waals surface area contributed by atoms with Crippen LogP contribution in [0.1, 0.15) is 23.8 Å². The maximum Gasteiger partial charge on any atom is 0.273 e. The summed E-state index contributed by atoms with van der Waals surface area (Å²) in [5, 5.41) is 16.3. The third-order valence-corrected chi connectivity index (χ3v) is 2.98. The lowest BCUT2D eigenvalue weighted by molar-refractivity contribution is 0.0242. The van der Waals surface area contributed by atoms with Gasteiger partial charge in [-0.05, 0) is 19.1 Å². The minimum Gasteiger partial charge on any atom is -0.461 e. The van der Waals surface area contributed by atoms with Gasteiger partial charge in [-0.1, -0.05) is 5.16 Å². The molecule has 7 nitrogen and oxygen atoms in total. The van der Waals surface area contributed by atoms with Gasteiger partial charge in [-0.3, -0.25) is 4.79 Å². The highest BCUT2D eigenvalue weighted by Gasteiger charge is 2.22. The number of hydrogen-bond donors (Lipinski definition) is 2. The Kier molecular flexibility index (Phi) is 4.77. The van der Waals surface area contributed by atoms with Gasteiger partial charge < -0.3 is 24.1 Å². The molecule has 21 heavy (non-hydrogen) atoms. The second-order valence-corrected chi connectivity index (χ2v) is 4.98. The van der Waals surface area contributed by atoms with Gasteiger partial charge in [-0.2, -0.15) is 0 Å². The third kappa shape index (κ3) is 4.17. The number of aliphatic hydroxyl groups is 1. The van der Waals surface area contributed by atoms with Crippen LogP contribution in [0.3, 0.4) is 0 Å². The van der Waals surface area contributed by atoms with Crippen LogP contribution < -0.4 is 5.32 Å². The number of ether oxygens (including phenoxy) is 1.